The zero-order valence-corrected chi connectivity index (χ0v) is 18.4. The van der Waals surface area contributed by atoms with Crippen LogP contribution < -0.4 is 14.9 Å². The number of hydrogen-bond acceptors (Lipinski definition) is 11. The molecule has 11 heteroatoms. The van der Waals surface area contributed by atoms with E-state index in [-0.39, 0.29) is 45.1 Å². The molecule has 2 heterocycles. The number of methoxy groups -OCH3 is 2. The molecule has 182 valence electrons. The minimum absolute atomic E-state index is 0.150. The standard InChI is InChI=1S/C23H24O11/c1-8-16(27)18(29)19(30)22(33-8)15-12(26)7-11(25)14-17(28)23(32-3)20(34-21(14)15)9-4-5-13(31-2)10(24)6-9/h4-8,16,18-19,22,24-27,29-30H,1-3H3/t8-,16+,18+,19-,22+/m0/s1. The second-order valence-electron chi connectivity index (χ2n) is 7.95. The third-order valence-electron chi connectivity index (χ3n) is 5.90. The highest BCUT2D eigenvalue weighted by Crippen LogP contribution is 2.45. The molecule has 0 aliphatic carbocycles. The molecular weight excluding hydrogens is 452 g/mol. The topological polar surface area (TPSA) is 179 Å². The predicted molar refractivity (Wildman–Crippen MR) is 117 cm³/mol. The molecule has 11 nitrogen and oxygen atoms in total. The van der Waals surface area contributed by atoms with Crippen molar-refractivity contribution in [3.05, 3.63) is 40.1 Å². The molecule has 1 aliphatic rings. The van der Waals surface area contributed by atoms with Crippen molar-refractivity contribution in [3.63, 3.8) is 0 Å². The van der Waals surface area contributed by atoms with E-state index in [4.69, 9.17) is 18.6 Å². The van der Waals surface area contributed by atoms with Crippen molar-refractivity contribution in [2.24, 2.45) is 0 Å². The zero-order chi connectivity index (χ0) is 24.9. The Hall–Kier alpha value is -3.51. The largest absolute Gasteiger partial charge is 0.507 e. The van der Waals surface area contributed by atoms with Crippen LogP contribution in [0, 0.1) is 0 Å². The lowest BCUT2D eigenvalue weighted by Crippen LogP contribution is -2.53. The molecular formula is C23H24O11. The first-order valence-electron chi connectivity index (χ1n) is 10.3. The molecule has 1 fully saturated rings. The number of aliphatic hydroxyl groups is 3. The van der Waals surface area contributed by atoms with Crippen molar-refractivity contribution in [1.82, 2.24) is 0 Å². The molecule has 1 aliphatic heterocycles. The monoisotopic (exact) mass is 476 g/mol. The highest BCUT2D eigenvalue weighted by atomic mass is 16.5. The fraction of sp³-hybridized carbons (Fsp3) is 0.348. The van der Waals surface area contributed by atoms with Crippen molar-refractivity contribution in [2.75, 3.05) is 14.2 Å². The Morgan fingerprint density at radius 1 is 0.882 bits per heavy atom. The number of fused-ring (bicyclic) bond motifs is 1. The Morgan fingerprint density at radius 2 is 1.59 bits per heavy atom. The smallest absolute Gasteiger partial charge is 0.239 e. The zero-order valence-electron chi connectivity index (χ0n) is 18.4. The van der Waals surface area contributed by atoms with Crippen LogP contribution in [0.5, 0.6) is 28.7 Å². The SMILES string of the molecule is COc1ccc(-c2oc3c([C@H]4O[C@@H](C)[C@@H](O)[C@@H](O)[C@@H]4O)c(O)cc(O)c3c(=O)c2OC)cc1O. The number of phenols is 3. The molecule has 0 spiro atoms. The lowest BCUT2D eigenvalue weighted by atomic mass is 9.90. The first-order chi connectivity index (χ1) is 16.1. The van der Waals surface area contributed by atoms with Gasteiger partial charge in [-0.2, -0.15) is 0 Å². The maximum Gasteiger partial charge on any atom is 0.239 e. The molecule has 5 atom stereocenters. The number of aromatic hydroxyl groups is 3. The average Bonchev–Trinajstić information content (AvgIpc) is 2.80. The Balaban J connectivity index is 2.04. The lowest BCUT2D eigenvalue weighted by Gasteiger charge is -2.39. The van der Waals surface area contributed by atoms with Crippen molar-refractivity contribution in [3.8, 4) is 40.1 Å². The second-order valence-corrected chi connectivity index (χ2v) is 7.95. The van der Waals surface area contributed by atoms with E-state index in [9.17, 15) is 35.4 Å². The fourth-order valence-corrected chi connectivity index (χ4v) is 4.11. The van der Waals surface area contributed by atoms with Gasteiger partial charge in [0.15, 0.2) is 22.8 Å². The Kier molecular flexibility index (Phi) is 6.04. The van der Waals surface area contributed by atoms with Crippen LogP contribution in [0.2, 0.25) is 0 Å². The van der Waals surface area contributed by atoms with Gasteiger partial charge in [-0.05, 0) is 25.1 Å². The van der Waals surface area contributed by atoms with Crippen LogP contribution in [0.3, 0.4) is 0 Å². The van der Waals surface area contributed by atoms with Crippen molar-refractivity contribution in [2.45, 2.75) is 37.4 Å². The minimum Gasteiger partial charge on any atom is -0.507 e. The fourth-order valence-electron chi connectivity index (χ4n) is 4.11. The van der Waals surface area contributed by atoms with E-state index in [1.54, 1.807) is 0 Å². The number of rotatable bonds is 4. The molecule has 2 aromatic carbocycles. The molecule has 0 bridgehead atoms. The third kappa shape index (κ3) is 3.59. The lowest BCUT2D eigenvalue weighted by molar-refractivity contribution is -0.219. The number of ether oxygens (including phenoxy) is 3. The Labute approximate surface area is 192 Å². The van der Waals surface area contributed by atoms with Crippen LogP contribution in [0.25, 0.3) is 22.3 Å². The van der Waals surface area contributed by atoms with Crippen molar-refractivity contribution in [1.29, 1.82) is 0 Å². The van der Waals surface area contributed by atoms with Crippen LogP contribution in [-0.2, 0) is 4.74 Å². The average molecular weight is 476 g/mol. The van der Waals surface area contributed by atoms with Gasteiger partial charge in [-0.25, -0.2) is 0 Å². The van der Waals surface area contributed by atoms with Gasteiger partial charge in [0.2, 0.25) is 11.2 Å². The summed E-state index contributed by atoms with van der Waals surface area (Å²) in [4.78, 5) is 13.3. The molecule has 34 heavy (non-hydrogen) atoms. The van der Waals surface area contributed by atoms with Gasteiger partial charge in [0.05, 0.1) is 25.9 Å². The van der Waals surface area contributed by atoms with Crippen molar-refractivity contribution < 1.29 is 49.3 Å². The van der Waals surface area contributed by atoms with Crippen LogP contribution in [0.1, 0.15) is 18.6 Å². The summed E-state index contributed by atoms with van der Waals surface area (Å²) >= 11 is 0. The molecule has 0 radical (unpaired) electrons. The Bertz CT molecular complexity index is 1300. The number of phenolic OH excluding ortho intramolecular Hbond substituents is 3. The van der Waals surface area contributed by atoms with Gasteiger partial charge in [0.1, 0.15) is 41.3 Å². The van der Waals surface area contributed by atoms with Crippen LogP contribution in [0.15, 0.2) is 33.5 Å². The molecule has 1 aromatic heterocycles. The van der Waals surface area contributed by atoms with Crippen LogP contribution in [-0.4, -0.2) is 69.3 Å². The first-order valence-corrected chi connectivity index (χ1v) is 10.3. The van der Waals surface area contributed by atoms with E-state index < -0.39 is 47.4 Å². The summed E-state index contributed by atoms with van der Waals surface area (Å²) in [5, 5.41) is 61.8. The second kappa shape index (κ2) is 8.69. The van der Waals surface area contributed by atoms with E-state index in [0.29, 0.717) is 0 Å². The van der Waals surface area contributed by atoms with Gasteiger partial charge < -0.3 is 49.3 Å². The summed E-state index contributed by atoms with van der Waals surface area (Å²) in [6, 6.07) is 5.07. The highest BCUT2D eigenvalue weighted by Gasteiger charge is 2.45. The summed E-state index contributed by atoms with van der Waals surface area (Å²) in [6.07, 6.45) is -7.10. The first kappa shape index (κ1) is 23.6. The van der Waals surface area contributed by atoms with Gasteiger partial charge in [0, 0.05) is 11.6 Å². The minimum atomic E-state index is -1.70. The summed E-state index contributed by atoms with van der Waals surface area (Å²) in [5.41, 5.74) is -1.16. The normalized spacial score (nSPS) is 24.8. The summed E-state index contributed by atoms with van der Waals surface area (Å²) < 4.78 is 21.8. The van der Waals surface area contributed by atoms with Gasteiger partial charge in [0.25, 0.3) is 0 Å². The molecule has 0 saturated carbocycles. The summed E-state index contributed by atoms with van der Waals surface area (Å²) in [7, 11) is 2.59. The number of benzene rings is 2. The summed E-state index contributed by atoms with van der Waals surface area (Å²) in [5.74, 6) is -1.73. The molecule has 4 rings (SSSR count). The van der Waals surface area contributed by atoms with Gasteiger partial charge in [-0.15, -0.1) is 0 Å². The van der Waals surface area contributed by atoms with E-state index in [1.807, 2.05) is 0 Å². The number of aliphatic hydroxyl groups excluding tert-OH is 3. The van der Waals surface area contributed by atoms with Crippen molar-refractivity contribution >= 4 is 11.0 Å². The van der Waals surface area contributed by atoms with Gasteiger partial charge in [-0.1, -0.05) is 0 Å². The molecule has 3 aromatic rings. The van der Waals surface area contributed by atoms with Crippen LogP contribution in [0.4, 0.5) is 0 Å². The summed E-state index contributed by atoms with van der Waals surface area (Å²) in [6.45, 7) is 1.46. The van der Waals surface area contributed by atoms with E-state index >= 15 is 0 Å². The quantitative estimate of drug-likeness (QED) is 0.318. The maximum absolute atomic E-state index is 13.3. The molecule has 1 saturated heterocycles. The predicted octanol–water partition coefficient (Wildman–Crippen LogP) is 1.14. The van der Waals surface area contributed by atoms with Gasteiger partial charge in [-0.3, -0.25) is 4.79 Å². The van der Waals surface area contributed by atoms with Gasteiger partial charge >= 0.3 is 0 Å². The van der Waals surface area contributed by atoms with Crippen LogP contribution >= 0.6 is 0 Å². The van der Waals surface area contributed by atoms with E-state index in [2.05, 4.69) is 0 Å². The molecule has 0 amide bonds. The molecule has 0 unspecified atom stereocenters. The molecule has 6 N–H and O–H groups in total. The highest BCUT2D eigenvalue weighted by molar-refractivity contribution is 5.91. The van der Waals surface area contributed by atoms with E-state index in [1.165, 1.54) is 39.3 Å². The Morgan fingerprint density at radius 3 is 2.21 bits per heavy atom. The van der Waals surface area contributed by atoms with E-state index in [0.717, 1.165) is 6.07 Å². The number of hydrogen-bond donors (Lipinski definition) is 6. The third-order valence-corrected chi connectivity index (χ3v) is 5.90. The maximum atomic E-state index is 13.3.